The van der Waals surface area contributed by atoms with Gasteiger partial charge in [-0.15, -0.1) is 0 Å². The first-order valence-electron chi connectivity index (χ1n) is 11.2. The normalized spacial score (nSPS) is 16.2. The number of benzene rings is 2. The fourth-order valence-electron chi connectivity index (χ4n) is 4.59. The van der Waals surface area contributed by atoms with Gasteiger partial charge in [-0.2, -0.15) is 5.10 Å². The number of rotatable bonds is 6. The van der Waals surface area contributed by atoms with Crippen molar-refractivity contribution in [2.45, 2.75) is 13.0 Å². The van der Waals surface area contributed by atoms with Crippen molar-refractivity contribution in [3.8, 4) is 22.6 Å². The lowest BCUT2D eigenvalue weighted by atomic mass is 9.93. The number of nitrogens with zero attached hydrogens (tertiary/aromatic N) is 3. The van der Waals surface area contributed by atoms with E-state index in [0.717, 1.165) is 49.5 Å². The number of hydrogen-bond donors (Lipinski definition) is 1. The fraction of sp³-hybridized carbons (Fsp3) is 0.269. The predicted octanol–water partition coefficient (Wildman–Crippen LogP) is 5.34. The summed E-state index contributed by atoms with van der Waals surface area (Å²) in [6.07, 6.45) is 3.38. The summed E-state index contributed by atoms with van der Waals surface area (Å²) < 4.78 is 34.6. The van der Waals surface area contributed by atoms with Crippen LogP contribution in [0.15, 0.2) is 71.5 Å². The molecular formula is C26H26F2N4O. The SMILES string of the molecule is CCN1CCN(C(c2ccc(-c3ccc(F)cc3)cc2F)c2cn[nH]c2-c2ccco2)CC1. The average molecular weight is 449 g/mol. The van der Waals surface area contributed by atoms with E-state index in [9.17, 15) is 4.39 Å². The molecule has 2 aromatic carbocycles. The van der Waals surface area contributed by atoms with E-state index >= 15 is 4.39 Å². The number of aromatic nitrogens is 2. The van der Waals surface area contributed by atoms with Crippen LogP contribution in [0.5, 0.6) is 0 Å². The molecule has 7 heteroatoms. The van der Waals surface area contributed by atoms with Crippen molar-refractivity contribution < 1.29 is 13.2 Å². The lowest BCUT2D eigenvalue weighted by molar-refractivity contribution is 0.112. The van der Waals surface area contributed by atoms with Gasteiger partial charge in [0.15, 0.2) is 5.76 Å². The van der Waals surface area contributed by atoms with E-state index in [4.69, 9.17) is 4.42 Å². The summed E-state index contributed by atoms with van der Waals surface area (Å²) >= 11 is 0. The van der Waals surface area contributed by atoms with Crippen LogP contribution in [-0.4, -0.2) is 52.7 Å². The van der Waals surface area contributed by atoms with Crippen molar-refractivity contribution in [2.75, 3.05) is 32.7 Å². The Morgan fingerprint density at radius 2 is 1.73 bits per heavy atom. The maximum Gasteiger partial charge on any atom is 0.151 e. The van der Waals surface area contributed by atoms with E-state index in [-0.39, 0.29) is 17.7 Å². The first-order valence-corrected chi connectivity index (χ1v) is 11.2. The topological polar surface area (TPSA) is 48.3 Å². The summed E-state index contributed by atoms with van der Waals surface area (Å²) in [5, 5.41) is 7.31. The van der Waals surface area contributed by atoms with Crippen LogP contribution < -0.4 is 0 Å². The second-order valence-corrected chi connectivity index (χ2v) is 8.29. The quantitative estimate of drug-likeness (QED) is 0.433. The minimum Gasteiger partial charge on any atom is -0.463 e. The Kier molecular flexibility index (Phi) is 6.07. The molecule has 1 unspecified atom stereocenters. The van der Waals surface area contributed by atoms with Gasteiger partial charge in [0.2, 0.25) is 0 Å². The summed E-state index contributed by atoms with van der Waals surface area (Å²) in [4.78, 5) is 4.70. The number of halogens is 2. The monoisotopic (exact) mass is 448 g/mol. The van der Waals surface area contributed by atoms with Gasteiger partial charge in [0.1, 0.15) is 17.3 Å². The number of likely N-dealkylation sites (N-methyl/N-ethyl adjacent to an activating group) is 1. The first-order chi connectivity index (χ1) is 16.1. The second-order valence-electron chi connectivity index (χ2n) is 8.29. The molecular weight excluding hydrogens is 422 g/mol. The zero-order chi connectivity index (χ0) is 22.8. The molecule has 3 heterocycles. The standard InChI is InChI=1S/C26H26F2N4O/c1-2-31-11-13-32(14-12-31)26(22-17-29-30-25(22)24-4-3-15-33-24)21-10-7-19(16-23(21)28)18-5-8-20(27)9-6-18/h3-10,15-17,26H,2,11-14H2,1H3,(H,29,30). The van der Waals surface area contributed by atoms with Crippen molar-refractivity contribution in [3.63, 3.8) is 0 Å². The molecule has 170 valence electrons. The van der Waals surface area contributed by atoms with Gasteiger partial charge < -0.3 is 9.32 Å². The van der Waals surface area contributed by atoms with Gasteiger partial charge in [-0.3, -0.25) is 10.00 Å². The molecule has 0 saturated carbocycles. The molecule has 33 heavy (non-hydrogen) atoms. The molecule has 0 aliphatic carbocycles. The van der Waals surface area contributed by atoms with E-state index < -0.39 is 0 Å². The van der Waals surface area contributed by atoms with E-state index in [1.165, 1.54) is 18.2 Å². The third kappa shape index (κ3) is 4.34. The fourth-order valence-corrected chi connectivity index (χ4v) is 4.59. The molecule has 5 nitrogen and oxygen atoms in total. The Balaban J connectivity index is 1.55. The molecule has 0 bridgehead atoms. The highest BCUT2D eigenvalue weighted by Gasteiger charge is 2.31. The van der Waals surface area contributed by atoms with Crippen LogP contribution in [0.4, 0.5) is 8.78 Å². The highest BCUT2D eigenvalue weighted by molar-refractivity contribution is 5.65. The molecule has 4 aromatic rings. The smallest absolute Gasteiger partial charge is 0.151 e. The summed E-state index contributed by atoms with van der Waals surface area (Å²) in [5.41, 5.74) is 3.70. The maximum atomic E-state index is 15.7. The van der Waals surface area contributed by atoms with E-state index in [1.54, 1.807) is 24.6 Å². The van der Waals surface area contributed by atoms with Gasteiger partial charge in [0.25, 0.3) is 0 Å². The molecule has 1 aliphatic heterocycles. The Morgan fingerprint density at radius 1 is 0.970 bits per heavy atom. The molecule has 0 radical (unpaired) electrons. The van der Waals surface area contributed by atoms with Gasteiger partial charge in [-0.25, -0.2) is 8.78 Å². The van der Waals surface area contributed by atoms with Crippen molar-refractivity contribution in [1.29, 1.82) is 0 Å². The summed E-state index contributed by atoms with van der Waals surface area (Å²) in [5.74, 6) is 0.0573. The van der Waals surface area contributed by atoms with E-state index in [1.807, 2.05) is 24.3 Å². The van der Waals surface area contributed by atoms with Crippen molar-refractivity contribution >= 4 is 0 Å². The molecule has 5 rings (SSSR count). The highest BCUT2D eigenvalue weighted by Crippen LogP contribution is 2.37. The largest absolute Gasteiger partial charge is 0.463 e. The second kappa shape index (κ2) is 9.29. The Morgan fingerprint density at radius 3 is 2.39 bits per heavy atom. The van der Waals surface area contributed by atoms with Crippen LogP contribution >= 0.6 is 0 Å². The van der Waals surface area contributed by atoms with E-state index in [0.29, 0.717) is 16.9 Å². The zero-order valence-corrected chi connectivity index (χ0v) is 18.5. The van der Waals surface area contributed by atoms with Crippen LogP contribution in [0.2, 0.25) is 0 Å². The Labute approximate surface area is 191 Å². The molecule has 0 spiro atoms. The Hall–Kier alpha value is -3.29. The van der Waals surface area contributed by atoms with Gasteiger partial charge in [-0.05, 0) is 48.0 Å². The molecule has 1 aliphatic rings. The van der Waals surface area contributed by atoms with Crippen LogP contribution in [0.25, 0.3) is 22.6 Å². The first kappa shape index (κ1) is 21.6. The van der Waals surface area contributed by atoms with Crippen LogP contribution in [-0.2, 0) is 0 Å². The molecule has 0 amide bonds. The molecule has 1 atom stereocenters. The number of nitrogens with one attached hydrogen (secondary N) is 1. The number of piperazine rings is 1. The number of furan rings is 1. The molecule has 1 fully saturated rings. The highest BCUT2D eigenvalue weighted by atomic mass is 19.1. The summed E-state index contributed by atoms with van der Waals surface area (Å²) in [6.45, 7) is 6.65. The molecule has 1 saturated heterocycles. The van der Waals surface area contributed by atoms with Crippen molar-refractivity contribution in [2.24, 2.45) is 0 Å². The van der Waals surface area contributed by atoms with Crippen molar-refractivity contribution in [1.82, 2.24) is 20.0 Å². The predicted molar refractivity (Wildman–Crippen MR) is 124 cm³/mol. The molecule has 1 N–H and O–H groups in total. The Bertz CT molecular complexity index is 1200. The summed E-state index contributed by atoms with van der Waals surface area (Å²) in [6, 6.07) is 14.8. The van der Waals surface area contributed by atoms with Crippen molar-refractivity contribution in [3.05, 3.63) is 89.8 Å². The van der Waals surface area contributed by atoms with Crippen LogP contribution in [0.3, 0.4) is 0 Å². The van der Waals surface area contributed by atoms with Crippen LogP contribution in [0, 0.1) is 11.6 Å². The van der Waals surface area contributed by atoms with E-state index in [2.05, 4.69) is 26.9 Å². The van der Waals surface area contributed by atoms with Gasteiger partial charge in [0.05, 0.1) is 18.5 Å². The third-order valence-electron chi connectivity index (χ3n) is 6.42. The van der Waals surface area contributed by atoms with Gasteiger partial charge in [0, 0.05) is 37.3 Å². The van der Waals surface area contributed by atoms with Crippen LogP contribution in [0.1, 0.15) is 24.1 Å². The van der Waals surface area contributed by atoms with Gasteiger partial charge >= 0.3 is 0 Å². The maximum absolute atomic E-state index is 15.7. The zero-order valence-electron chi connectivity index (χ0n) is 18.5. The number of H-pyrrole nitrogens is 1. The minimum atomic E-state index is -0.315. The number of aromatic amines is 1. The lowest BCUT2D eigenvalue weighted by Gasteiger charge is -2.39. The molecule has 2 aromatic heterocycles. The third-order valence-corrected chi connectivity index (χ3v) is 6.42. The lowest BCUT2D eigenvalue weighted by Crippen LogP contribution is -2.47. The minimum absolute atomic E-state index is 0.300. The van der Waals surface area contributed by atoms with Gasteiger partial charge in [-0.1, -0.05) is 31.2 Å². The summed E-state index contributed by atoms with van der Waals surface area (Å²) in [7, 11) is 0. The number of hydrogen-bond acceptors (Lipinski definition) is 4. The average Bonchev–Trinajstić information content (AvgIpc) is 3.53.